The molecule has 0 spiro atoms. The van der Waals surface area contributed by atoms with Crippen molar-refractivity contribution in [3.05, 3.63) is 17.0 Å². The van der Waals surface area contributed by atoms with Gasteiger partial charge < -0.3 is 10.0 Å². The van der Waals surface area contributed by atoms with Crippen molar-refractivity contribution in [1.29, 1.82) is 0 Å². The summed E-state index contributed by atoms with van der Waals surface area (Å²) in [5, 5.41) is 14.1. The Kier molecular flexibility index (Phi) is 4.16. The van der Waals surface area contributed by atoms with Crippen LogP contribution in [0, 0.1) is 13.8 Å². The second-order valence-corrected chi connectivity index (χ2v) is 5.30. The lowest BCUT2D eigenvalue weighted by molar-refractivity contribution is 0.0314. The molecule has 102 valence electrons. The number of hydrogen-bond donors (Lipinski definition) is 1. The van der Waals surface area contributed by atoms with E-state index in [-0.39, 0.29) is 5.91 Å². The Morgan fingerprint density at radius 2 is 2.00 bits per heavy atom. The van der Waals surface area contributed by atoms with Gasteiger partial charge in [0.15, 0.2) is 0 Å². The molecule has 1 amide bonds. The van der Waals surface area contributed by atoms with Crippen LogP contribution in [0.2, 0.25) is 0 Å². The van der Waals surface area contributed by atoms with Gasteiger partial charge in [-0.05, 0) is 34.6 Å². The number of rotatable bonds is 4. The summed E-state index contributed by atoms with van der Waals surface area (Å²) in [6.45, 7) is 9.90. The Morgan fingerprint density at radius 3 is 2.33 bits per heavy atom. The summed E-state index contributed by atoms with van der Waals surface area (Å²) in [7, 11) is 1.82. The molecule has 1 N–H and O–H groups in total. The standard InChI is InChI=1S/C13H23N3O2/c1-7-16(8-13(4,5)18)12(17)11-9(2)14-15(6)10(11)3/h18H,7-8H2,1-6H3. The Balaban J connectivity index is 3.04. The number of amides is 1. The van der Waals surface area contributed by atoms with Gasteiger partial charge in [-0.2, -0.15) is 5.10 Å². The number of likely N-dealkylation sites (N-methyl/N-ethyl adjacent to an activating group) is 1. The molecule has 1 rings (SSSR count). The second kappa shape index (κ2) is 5.10. The third-order valence-electron chi connectivity index (χ3n) is 2.97. The molecule has 0 radical (unpaired) electrons. The normalized spacial score (nSPS) is 11.7. The molecule has 1 aromatic rings. The van der Waals surface area contributed by atoms with Crippen molar-refractivity contribution in [1.82, 2.24) is 14.7 Å². The molecule has 0 fully saturated rings. The van der Waals surface area contributed by atoms with Crippen LogP contribution in [0.25, 0.3) is 0 Å². The van der Waals surface area contributed by atoms with Gasteiger partial charge in [-0.15, -0.1) is 0 Å². The van der Waals surface area contributed by atoms with E-state index in [0.29, 0.717) is 18.7 Å². The average molecular weight is 253 g/mol. The van der Waals surface area contributed by atoms with Crippen LogP contribution in [0.1, 0.15) is 42.5 Å². The van der Waals surface area contributed by atoms with Gasteiger partial charge in [-0.1, -0.05) is 0 Å². The molecule has 18 heavy (non-hydrogen) atoms. The summed E-state index contributed by atoms with van der Waals surface area (Å²) in [6, 6.07) is 0. The van der Waals surface area contributed by atoms with Crippen LogP contribution in [0.4, 0.5) is 0 Å². The van der Waals surface area contributed by atoms with E-state index in [9.17, 15) is 9.90 Å². The number of nitrogens with zero attached hydrogens (tertiary/aromatic N) is 3. The van der Waals surface area contributed by atoms with E-state index in [2.05, 4.69) is 5.10 Å². The van der Waals surface area contributed by atoms with Crippen molar-refractivity contribution in [2.45, 2.75) is 40.2 Å². The topological polar surface area (TPSA) is 58.4 Å². The molecule has 1 aromatic heterocycles. The van der Waals surface area contributed by atoms with Crippen LogP contribution in [0.3, 0.4) is 0 Å². The smallest absolute Gasteiger partial charge is 0.257 e. The van der Waals surface area contributed by atoms with Gasteiger partial charge in [0.05, 0.1) is 16.9 Å². The number of aliphatic hydroxyl groups is 1. The highest BCUT2D eigenvalue weighted by molar-refractivity contribution is 5.96. The summed E-state index contributed by atoms with van der Waals surface area (Å²) in [5.41, 5.74) is 1.33. The molecule has 0 atom stereocenters. The van der Waals surface area contributed by atoms with Crippen molar-refractivity contribution in [2.75, 3.05) is 13.1 Å². The first-order valence-electron chi connectivity index (χ1n) is 6.19. The van der Waals surface area contributed by atoms with Gasteiger partial charge in [-0.3, -0.25) is 9.48 Å². The minimum Gasteiger partial charge on any atom is -0.389 e. The number of aryl methyl sites for hydroxylation is 2. The first-order chi connectivity index (χ1) is 8.17. The molecule has 0 aromatic carbocycles. The molecule has 0 bridgehead atoms. The minimum absolute atomic E-state index is 0.0669. The van der Waals surface area contributed by atoms with E-state index in [0.717, 1.165) is 11.4 Å². The quantitative estimate of drug-likeness (QED) is 0.879. The SMILES string of the molecule is CCN(CC(C)(C)O)C(=O)c1c(C)nn(C)c1C. The molecule has 5 nitrogen and oxygen atoms in total. The minimum atomic E-state index is -0.893. The predicted octanol–water partition coefficient (Wildman–Crippen LogP) is 1.27. The molecular weight excluding hydrogens is 230 g/mol. The van der Waals surface area contributed by atoms with Gasteiger partial charge in [0.25, 0.3) is 5.91 Å². The van der Waals surface area contributed by atoms with Crippen molar-refractivity contribution in [2.24, 2.45) is 7.05 Å². The van der Waals surface area contributed by atoms with E-state index < -0.39 is 5.60 Å². The Bertz CT molecular complexity index is 444. The second-order valence-electron chi connectivity index (χ2n) is 5.30. The van der Waals surface area contributed by atoms with Crippen LogP contribution < -0.4 is 0 Å². The van der Waals surface area contributed by atoms with Gasteiger partial charge in [-0.25, -0.2) is 0 Å². The highest BCUT2D eigenvalue weighted by atomic mass is 16.3. The summed E-state index contributed by atoms with van der Waals surface area (Å²) >= 11 is 0. The molecule has 0 unspecified atom stereocenters. The average Bonchev–Trinajstić information content (AvgIpc) is 2.48. The molecule has 0 aliphatic heterocycles. The zero-order chi connectivity index (χ0) is 14.1. The lowest BCUT2D eigenvalue weighted by Gasteiger charge is -2.28. The van der Waals surface area contributed by atoms with Crippen molar-refractivity contribution in [3.8, 4) is 0 Å². The molecule has 0 saturated carbocycles. The number of carbonyl (C=O) groups excluding carboxylic acids is 1. The summed E-state index contributed by atoms with van der Waals surface area (Å²) < 4.78 is 1.71. The molecule has 1 heterocycles. The lowest BCUT2D eigenvalue weighted by Crippen LogP contribution is -2.42. The largest absolute Gasteiger partial charge is 0.389 e. The van der Waals surface area contributed by atoms with Gasteiger partial charge in [0.2, 0.25) is 0 Å². The van der Waals surface area contributed by atoms with Crippen molar-refractivity contribution in [3.63, 3.8) is 0 Å². The molecule has 0 saturated heterocycles. The highest BCUT2D eigenvalue weighted by Crippen LogP contribution is 2.16. The third-order valence-corrected chi connectivity index (χ3v) is 2.97. The first-order valence-corrected chi connectivity index (χ1v) is 6.19. The highest BCUT2D eigenvalue weighted by Gasteiger charge is 2.26. The van der Waals surface area contributed by atoms with Crippen LogP contribution in [0.15, 0.2) is 0 Å². The summed E-state index contributed by atoms with van der Waals surface area (Å²) in [5.74, 6) is -0.0669. The zero-order valence-electron chi connectivity index (χ0n) is 12.1. The van der Waals surface area contributed by atoms with Crippen molar-refractivity contribution >= 4 is 5.91 Å². The fraction of sp³-hybridized carbons (Fsp3) is 0.692. The number of hydrogen-bond acceptors (Lipinski definition) is 3. The monoisotopic (exact) mass is 253 g/mol. The maximum absolute atomic E-state index is 12.5. The Morgan fingerprint density at radius 1 is 1.44 bits per heavy atom. The van der Waals surface area contributed by atoms with E-state index in [1.54, 1.807) is 23.4 Å². The fourth-order valence-electron chi connectivity index (χ4n) is 2.04. The molecule has 0 aliphatic carbocycles. The zero-order valence-corrected chi connectivity index (χ0v) is 12.1. The van der Waals surface area contributed by atoms with Gasteiger partial charge in [0.1, 0.15) is 0 Å². The molecular formula is C13H23N3O2. The van der Waals surface area contributed by atoms with E-state index >= 15 is 0 Å². The maximum Gasteiger partial charge on any atom is 0.257 e. The number of carbonyl (C=O) groups is 1. The van der Waals surface area contributed by atoms with Gasteiger partial charge in [0, 0.05) is 25.8 Å². The first kappa shape index (κ1) is 14.7. The maximum atomic E-state index is 12.5. The van der Waals surface area contributed by atoms with E-state index in [1.165, 1.54) is 0 Å². The lowest BCUT2D eigenvalue weighted by atomic mass is 10.1. The Labute approximate surface area is 108 Å². The summed E-state index contributed by atoms with van der Waals surface area (Å²) in [4.78, 5) is 14.1. The Hall–Kier alpha value is -1.36. The van der Waals surface area contributed by atoms with Gasteiger partial charge >= 0.3 is 0 Å². The number of aromatic nitrogens is 2. The third kappa shape index (κ3) is 3.10. The van der Waals surface area contributed by atoms with Crippen LogP contribution >= 0.6 is 0 Å². The van der Waals surface area contributed by atoms with Crippen LogP contribution in [-0.4, -0.2) is 44.4 Å². The fourth-order valence-corrected chi connectivity index (χ4v) is 2.04. The van der Waals surface area contributed by atoms with Crippen molar-refractivity contribution < 1.29 is 9.90 Å². The molecule has 0 aliphatic rings. The predicted molar refractivity (Wildman–Crippen MR) is 70.6 cm³/mol. The van der Waals surface area contributed by atoms with Crippen LogP contribution in [-0.2, 0) is 7.05 Å². The van der Waals surface area contributed by atoms with E-state index in [4.69, 9.17) is 0 Å². The molecule has 5 heteroatoms. The van der Waals surface area contributed by atoms with E-state index in [1.807, 2.05) is 27.8 Å². The summed E-state index contributed by atoms with van der Waals surface area (Å²) in [6.07, 6.45) is 0. The van der Waals surface area contributed by atoms with Crippen LogP contribution in [0.5, 0.6) is 0 Å².